The molecule has 2 aliphatic carbocycles. The van der Waals surface area contributed by atoms with Gasteiger partial charge in [0.15, 0.2) is 0 Å². The summed E-state index contributed by atoms with van der Waals surface area (Å²) in [7, 11) is 4.33. The van der Waals surface area contributed by atoms with Crippen LogP contribution in [-0.4, -0.2) is 71.1 Å². The molecule has 6 nitrogen and oxygen atoms in total. The summed E-state index contributed by atoms with van der Waals surface area (Å²) < 4.78 is 0. The van der Waals surface area contributed by atoms with Crippen LogP contribution in [0.5, 0.6) is 0 Å². The molecule has 176 valence electrons. The van der Waals surface area contributed by atoms with E-state index in [2.05, 4.69) is 54.2 Å². The maximum absolute atomic E-state index is 13.6. The van der Waals surface area contributed by atoms with Crippen molar-refractivity contribution in [3.05, 3.63) is 35.9 Å². The van der Waals surface area contributed by atoms with E-state index in [1.165, 1.54) is 24.8 Å². The number of carboxylic acids is 1. The molecule has 0 unspecified atom stereocenters. The summed E-state index contributed by atoms with van der Waals surface area (Å²) in [5.74, 6) is -0.256. The Kier molecular flexibility index (Phi) is 6.03. The van der Waals surface area contributed by atoms with Gasteiger partial charge in [-0.1, -0.05) is 36.8 Å². The van der Waals surface area contributed by atoms with Gasteiger partial charge in [-0.05, 0) is 77.9 Å². The molecule has 6 heteroatoms. The van der Waals surface area contributed by atoms with Crippen LogP contribution in [0.2, 0.25) is 0 Å². The molecule has 0 aromatic heterocycles. The summed E-state index contributed by atoms with van der Waals surface area (Å²) >= 11 is 0. The molecule has 3 fully saturated rings. The average molecular weight is 442 g/mol. The number of nitrogens with zero attached hydrogens (tertiary/aromatic N) is 3. The van der Waals surface area contributed by atoms with Gasteiger partial charge in [0, 0.05) is 25.2 Å². The van der Waals surface area contributed by atoms with Crippen molar-refractivity contribution in [2.45, 2.75) is 69.9 Å². The van der Waals surface area contributed by atoms with E-state index in [1.807, 2.05) is 4.90 Å². The topological polar surface area (TPSA) is 64.1 Å². The Morgan fingerprint density at radius 3 is 2.25 bits per heavy atom. The Hall–Kier alpha value is -2.08. The first-order valence-corrected chi connectivity index (χ1v) is 12.1. The lowest BCUT2D eigenvalue weighted by molar-refractivity contribution is -0.147. The number of rotatable bonds is 7. The molecule has 1 heterocycles. The van der Waals surface area contributed by atoms with Gasteiger partial charge < -0.3 is 14.9 Å². The Balaban J connectivity index is 1.59. The van der Waals surface area contributed by atoms with Crippen LogP contribution in [0.25, 0.3) is 0 Å². The maximum atomic E-state index is 13.6. The third kappa shape index (κ3) is 3.91. The first-order valence-electron chi connectivity index (χ1n) is 12.1. The molecule has 1 aliphatic heterocycles. The SMILES string of the molecule is CN(C)[C@]1(c2ccccc2)CC[C@@]2(CC1)CN(CC(C)(C)C(=O)O)C(=O)N2CC1CCC1. The average Bonchev–Trinajstić information content (AvgIpc) is 2.96. The molecule has 4 rings (SSSR count). The Morgan fingerprint density at radius 1 is 1.12 bits per heavy atom. The fraction of sp³-hybridized carbons (Fsp3) is 0.692. The molecule has 0 atom stereocenters. The van der Waals surface area contributed by atoms with Crippen molar-refractivity contribution in [2.75, 3.05) is 33.7 Å². The third-order valence-electron chi connectivity index (χ3n) is 8.56. The molecule has 3 aliphatic rings. The van der Waals surface area contributed by atoms with Gasteiger partial charge in [0.25, 0.3) is 0 Å². The number of carbonyl (C=O) groups excluding carboxylic acids is 1. The molecule has 32 heavy (non-hydrogen) atoms. The number of carbonyl (C=O) groups is 2. The fourth-order valence-corrected chi connectivity index (χ4v) is 6.05. The first-order chi connectivity index (χ1) is 15.1. The second-order valence-electron chi connectivity index (χ2n) is 11.3. The highest BCUT2D eigenvalue weighted by Gasteiger charge is 2.55. The summed E-state index contributed by atoms with van der Waals surface area (Å²) in [6.45, 7) is 5.17. The minimum Gasteiger partial charge on any atom is -0.481 e. The van der Waals surface area contributed by atoms with Gasteiger partial charge in [-0.25, -0.2) is 4.79 Å². The lowest BCUT2D eigenvalue weighted by Crippen LogP contribution is -2.56. The predicted molar refractivity (Wildman–Crippen MR) is 125 cm³/mol. The summed E-state index contributed by atoms with van der Waals surface area (Å²) in [6.07, 6.45) is 7.54. The van der Waals surface area contributed by atoms with E-state index in [4.69, 9.17) is 0 Å². The summed E-state index contributed by atoms with van der Waals surface area (Å²) in [5, 5.41) is 9.65. The largest absolute Gasteiger partial charge is 0.481 e. The van der Waals surface area contributed by atoms with E-state index in [0.717, 1.165) is 32.2 Å². The van der Waals surface area contributed by atoms with Crippen LogP contribution in [0.1, 0.15) is 64.4 Å². The number of urea groups is 1. The Morgan fingerprint density at radius 2 is 1.75 bits per heavy atom. The molecular weight excluding hydrogens is 402 g/mol. The standard InChI is InChI=1S/C26H39N3O3/c1-24(2,22(30)31)18-28-19-25(29(23(28)32)17-20-9-8-10-20)13-15-26(16-14-25,27(3)4)21-11-6-5-7-12-21/h5-7,11-12,20H,8-10,13-19H2,1-4H3,(H,30,31)/t25-,26-. The minimum absolute atomic E-state index is 0.0224. The molecular formula is C26H39N3O3. The van der Waals surface area contributed by atoms with Crippen LogP contribution in [0, 0.1) is 11.3 Å². The zero-order chi connectivity index (χ0) is 23.1. The van der Waals surface area contributed by atoms with Crippen molar-refractivity contribution in [1.82, 2.24) is 14.7 Å². The summed E-state index contributed by atoms with van der Waals surface area (Å²) in [4.78, 5) is 31.7. The number of aliphatic carboxylic acids is 1. The molecule has 0 radical (unpaired) electrons. The second-order valence-corrected chi connectivity index (χ2v) is 11.3. The van der Waals surface area contributed by atoms with E-state index in [9.17, 15) is 14.7 Å². The molecule has 1 aromatic rings. The zero-order valence-electron chi connectivity index (χ0n) is 20.1. The Bertz CT molecular complexity index is 839. The van der Waals surface area contributed by atoms with E-state index in [1.54, 1.807) is 13.8 Å². The summed E-state index contributed by atoms with van der Waals surface area (Å²) in [6, 6.07) is 10.8. The van der Waals surface area contributed by atoms with E-state index < -0.39 is 11.4 Å². The molecule has 2 amide bonds. The predicted octanol–water partition coefficient (Wildman–Crippen LogP) is 4.40. The van der Waals surface area contributed by atoms with Gasteiger partial charge in [-0.2, -0.15) is 0 Å². The van der Waals surface area contributed by atoms with E-state index in [-0.39, 0.29) is 23.7 Å². The molecule has 2 saturated carbocycles. The van der Waals surface area contributed by atoms with Crippen LogP contribution < -0.4 is 0 Å². The van der Waals surface area contributed by atoms with Crippen molar-refractivity contribution >= 4 is 12.0 Å². The van der Waals surface area contributed by atoms with Crippen LogP contribution in [-0.2, 0) is 10.3 Å². The summed E-state index contributed by atoms with van der Waals surface area (Å²) in [5.41, 5.74) is 0.190. The molecule has 1 aromatic carbocycles. The van der Waals surface area contributed by atoms with E-state index >= 15 is 0 Å². The number of benzene rings is 1. The normalized spacial score (nSPS) is 29.1. The highest BCUT2D eigenvalue weighted by Crippen LogP contribution is 2.49. The van der Waals surface area contributed by atoms with Crippen molar-refractivity contribution in [1.29, 1.82) is 0 Å². The van der Waals surface area contributed by atoms with Crippen molar-refractivity contribution in [3.63, 3.8) is 0 Å². The molecule has 1 spiro atoms. The quantitative estimate of drug-likeness (QED) is 0.681. The maximum Gasteiger partial charge on any atom is 0.320 e. The molecule has 1 saturated heterocycles. The Labute approximate surface area is 192 Å². The smallest absolute Gasteiger partial charge is 0.320 e. The van der Waals surface area contributed by atoms with Crippen LogP contribution >= 0.6 is 0 Å². The van der Waals surface area contributed by atoms with Crippen LogP contribution in [0.15, 0.2) is 30.3 Å². The molecule has 1 N–H and O–H groups in total. The van der Waals surface area contributed by atoms with Crippen LogP contribution in [0.3, 0.4) is 0 Å². The van der Waals surface area contributed by atoms with Crippen LogP contribution in [0.4, 0.5) is 4.79 Å². The highest BCUT2D eigenvalue weighted by atomic mass is 16.4. The van der Waals surface area contributed by atoms with Gasteiger partial charge in [0.1, 0.15) is 0 Å². The van der Waals surface area contributed by atoms with Gasteiger partial charge in [0.05, 0.1) is 11.0 Å². The monoisotopic (exact) mass is 441 g/mol. The number of hydrogen-bond donors (Lipinski definition) is 1. The lowest BCUT2D eigenvalue weighted by atomic mass is 9.68. The van der Waals surface area contributed by atoms with E-state index in [0.29, 0.717) is 12.5 Å². The van der Waals surface area contributed by atoms with Gasteiger partial charge in [-0.3, -0.25) is 9.69 Å². The van der Waals surface area contributed by atoms with Crippen molar-refractivity contribution in [3.8, 4) is 0 Å². The van der Waals surface area contributed by atoms with Gasteiger partial charge in [-0.15, -0.1) is 0 Å². The van der Waals surface area contributed by atoms with Crippen molar-refractivity contribution in [2.24, 2.45) is 11.3 Å². The van der Waals surface area contributed by atoms with Gasteiger partial charge >= 0.3 is 12.0 Å². The lowest BCUT2D eigenvalue weighted by Gasteiger charge is -2.51. The number of hydrogen-bond acceptors (Lipinski definition) is 3. The minimum atomic E-state index is -0.949. The number of amides is 2. The number of carboxylic acid groups (broad SMARTS) is 1. The zero-order valence-corrected chi connectivity index (χ0v) is 20.1. The fourth-order valence-electron chi connectivity index (χ4n) is 6.05. The third-order valence-corrected chi connectivity index (χ3v) is 8.56. The second kappa shape index (κ2) is 8.36. The molecule has 0 bridgehead atoms. The van der Waals surface area contributed by atoms with Crippen molar-refractivity contribution < 1.29 is 14.7 Å². The van der Waals surface area contributed by atoms with Gasteiger partial charge in [0.2, 0.25) is 0 Å². The highest BCUT2D eigenvalue weighted by molar-refractivity contribution is 5.80. The first kappa shape index (κ1) is 23.1.